The van der Waals surface area contributed by atoms with E-state index in [-0.39, 0.29) is 18.1 Å². The summed E-state index contributed by atoms with van der Waals surface area (Å²) in [5.41, 5.74) is 4.89. The SMILES string of the molecule is O=C(C[C@H]1SC(=Nc2ccccc2)N(c2ccccc2)C1=O)c1ccc2c(c1)CCCC2. The Balaban J connectivity index is 1.41. The van der Waals surface area contributed by atoms with Crippen molar-refractivity contribution in [3.8, 4) is 0 Å². The van der Waals surface area contributed by atoms with Crippen molar-refractivity contribution in [2.75, 3.05) is 4.90 Å². The van der Waals surface area contributed by atoms with E-state index in [1.165, 1.54) is 35.7 Å². The predicted molar refractivity (Wildman–Crippen MR) is 131 cm³/mol. The van der Waals surface area contributed by atoms with Gasteiger partial charge in [0, 0.05) is 12.0 Å². The molecule has 1 aliphatic carbocycles. The molecule has 1 fully saturated rings. The summed E-state index contributed by atoms with van der Waals surface area (Å²) in [5, 5.41) is 0.122. The summed E-state index contributed by atoms with van der Waals surface area (Å²) in [6.45, 7) is 0. The summed E-state index contributed by atoms with van der Waals surface area (Å²) in [6, 6.07) is 25.2. The topological polar surface area (TPSA) is 49.7 Å². The van der Waals surface area contributed by atoms with Crippen LogP contribution >= 0.6 is 11.8 Å². The Bertz CT molecular complexity index is 1170. The lowest BCUT2D eigenvalue weighted by molar-refractivity contribution is -0.116. The quantitative estimate of drug-likeness (QED) is 0.459. The number of anilines is 1. The van der Waals surface area contributed by atoms with Gasteiger partial charge in [0.2, 0.25) is 5.91 Å². The number of aliphatic imine (C=N–C) groups is 1. The zero-order valence-corrected chi connectivity index (χ0v) is 18.6. The molecule has 0 aromatic heterocycles. The number of rotatable bonds is 5. The molecule has 160 valence electrons. The summed E-state index contributed by atoms with van der Waals surface area (Å²) in [5.74, 6) is -0.0830. The van der Waals surface area contributed by atoms with Crippen molar-refractivity contribution in [1.29, 1.82) is 0 Å². The van der Waals surface area contributed by atoms with E-state index in [1.54, 1.807) is 4.90 Å². The van der Waals surface area contributed by atoms with Crippen LogP contribution in [0.15, 0.2) is 83.9 Å². The van der Waals surface area contributed by atoms with Gasteiger partial charge in [-0.05, 0) is 67.1 Å². The van der Waals surface area contributed by atoms with E-state index in [9.17, 15) is 9.59 Å². The normalized spacial score (nSPS) is 19.2. The number of thioether (sulfide) groups is 1. The van der Waals surface area contributed by atoms with Crippen LogP contribution in [0.25, 0.3) is 0 Å². The Kier molecular flexibility index (Phi) is 5.91. The number of ketones is 1. The second-order valence-corrected chi connectivity index (χ2v) is 9.33. The monoisotopic (exact) mass is 440 g/mol. The number of benzene rings is 3. The number of carbonyl (C=O) groups excluding carboxylic acids is 2. The van der Waals surface area contributed by atoms with Gasteiger partial charge in [-0.2, -0.15) is 0 Å². The maximum absolute atomic E-state index is 13.4. The summed E-state index contributed by atoms with van der Waals surface area (Å²) in [6.07, 6.45) is 4.67. The van der Waals surface area contributed by atoms with E-state index in [0.717, 1.165) is 24.2 Å². The molecule has 0 bridgehead atoms. The summed E-state index contributed by atoms with van der Waals surface area (Å²) in [7, 11) is 0. The van der Waals surface area contributed by atoms with Crippen LogP contribution in [-0.2, 0) is 17.6 Å². The van der Waals surface area contributed by atoms with Gasteiger partial charge in [0.15, 0.2) is 11.0 Å². The van der Waals surface area contributed by atoms with Crippen molar-refractivity contribution in [2.45, 2.75) is 37.4 Å². The highest BCUT2D eigenvalue weighted by Gasteiger charge is 2.40. The van der Waals surface area contributed by atoms with E-state index in [4.69, 9.17) is 4.99 Å². The van der Waals surface area contributed by atoms with Crippen molar-refractivity contribution < 1.29 is 9.59 Å². The van der Waals surface area contributed by atoms with Gasteiger partial charge in [-0.25, -0.2) is 4.99 Å². The molecule has 5 rings (SSSR count). The zero-order chi connectivity index (χ0) is 21.9. The van der Waals surface area contributed by atoms with Crippen LogP contribution in [-0.4, -0.2) is 22.1 Å². The van der Waals surface area contributed by atoms with Gasteiger partial charge < -0.3 is 0 Å². The second kappa shape index (κ2) is 9.13. The van der Waals surface area contributed by atoms with E-state index in [2.05, 4.69) is 6.07 Å². The number of nitrogens with zero attached hydrogens (tertiary/aromatic N) is 2. The van der Waals surface area contributed by atoms with Crippen molar-refractivity contribution in [1.82, 2.24) is 0 Å². The van der Waals surface area contributed by atoms with Crippen LogP contribution in [0, 0.1) is 0 Å². The van der Waals surface area contributed by atoms with E-state index in [0.29, 0.717) is 10.7 Å². The zero-order valence-electron chi connectivity index (χ0n) is 17.7. The van der Waals surface area contributed by atoms with Gasteiger partial charge in [-0.3, -0.25) is 14.5 Å². The summed E-state index contributed by atoms with van der Waals surface area (Å²) in [4.78, 5) is 32.9. The average Bonchev–Trinajstić information content (AvgIpc) is 3.14. The molecular weight excluding hydrogens is 416 g/mol. The fourth-order valence-corrected chi connectivity index (χ4v) is 5.45. The molecule has 0 radical (unpaired) electrons. The van der Waals surface area contributed by atoms with Gasteiger partial charge in [0.1, 0.15) is 0 Å². The molecule has 1 heterocycles. The van der Waals surface area contributed by atoms with Crippen molar-refractivity contribution in [3.05, 3.63) is 95.6 Å². The minimum Gasteiger partial charge on any atom is -0.294 e. The smallest absolute Gasteiger partial charge is 0.247 e. The molecule has 0 unspecified atom stereocenters. The molecule has 32 heavy (non-hydrogen) atoms. The third-order valence-corrected chi connectivity index (χ3v) is 7.11. The number of amidine groups is 1. The van der Waals surface area contributed by atoms with Crippen molar-refractivity contribution in [3.63, 3.8) is 0 Å². The van der Waals surface area contributed by atoms with Crippen molar-refractivity contribution in [2.24, 2.45) is 4.99 Å². The minimum absolute atomic E-state index is 0.0122. The number of carbonyl (C=O) groups is 2. The van der Waals surface area contributed by atoms with Crippen LogP contribution < -0.4 is 4.90 Å². The van der Waals surface area contributed by atoms with Crippen LogP contribution in [0.4, 0.5) is 11.4 Å². The highest BCUT2D eigenvalue weighted by atomic mass is 32.2. The number of hydrogen-bond donors (Lipinski definition) is 0. The number of para-hydroxylation sites is 2. The molecular formula is C27H24N2O2S. The Morgan fingerprint density at radius 3 is 2.34 bits per heavy atom. The lowest BCUT2D eigenvalue weighted by atomic mass is 9.89. The Labute approximate surface area is 192 Å². The number of hydrogen-bond acceptors (Lipinski definition) is 4. The number of Topliss-reactive ketones (excluding diaryl/α,β-unsaturated/α-hetero) is 1. The maximum atomic E-state index is 13.4. The molecule has 1 aliphatic heterocycles. The Morgan fingerprint density at radius 2 is 1.59 bits per heavy atom. The van der Waals surface area contributed by atoms with E-state index < -0.39 is 5.25 Å². The van der Waals surface area contributed by atoms with Gasteiger partial charge in [0.05, 0.1) is 16.6 Å². The van der Waals surface area contributed by atoms with Crippen LogP contribution in [0.5, 0.6) is 0 Å². The molecule has 1 atom stereocenters. The first-order chi connectivity index (χ1) is 15.7. The fraction of sp³-hybridized carbons (Fsp3) is 0.222. The highest BCUT2D eigenvalue weighted by Crippen LogP contribution is 2.36. The predicted octanol–water partition coefficient (Wildman–Crippen LogP) is 5.97. The highest BCUT2D eigenvalue weighted by molar-refractivity contribution is 8.16. The first-order valence-corrected chi connectivity index (χ1v) is 11.9. The van der Waals surface area contributed by atoms with E-state index >= 15 is 0 Å². The van der Waals surface area contributed by atoms with Crippen LogP contribution in [0.2, 0.25) is 0 Å². The van der Waals surface area contributed by atoms with Crippen molar-refractivity contribution >= 4 is 40.0 Å². The van der Waals surface area contributed by atoms with Gasteiger partial charge in [0.25, 0.3) is 0 Å². The molecule has 2 aliphatic rings. The molecule has 0 saturated carbocycles. The largest absolute Gasteiger partial charge is 0.294 e. The summed E-state index contributed by atoms with van der Waals surface area (Å²) < 4.78 is 0. The maximum Gasteiger partial charge on any atom is 0.247 e. The lowest BCUT2D eigenvalue weighted by Crippen LogP contribution is -2.32. The molecule has 5 heteroatoms. The molecule has 1 amide bonds. The standard InChI is InChI=1S/C27H24N2O2S/c30-24(21-16-15-19-9-7-8-10-20(19)17-21)18-25-26(31)29(23-13-5-2-6-14-23)27(32-25)28-22-11-3-1-4-12-22/h1-6,11-17,25H,7-10,18H2/t25-/m1/s1. The fourth-order valence-electron chi connectivity index (χ4n) is 4.29. The number of amides is 1. The number of fused-ring (bicyclic) bond motifs is 1. The van der Waals surface area contributed by atoms with Crippen LogP contribution in [0.3, 0.4) is 0 Å². The third-order valence-electron chi connectivity index (χ3n) is 5.97. The molecule has 1 saturated heterocycles. The first-order valence-electron chi connectivity index (χ1n) is 11.0. The molecule has 3 aromatic rings. The van der Waals surface area contributed by atoms with Gasteiger partial charge >= 0.3 is 0 Å². The summed E-state index contributed by atoms with van der Waals surface area (Å²) >= 11 is 1.37. The third kappa shape index (κ3) is 4.26. The minimum atomic E-state index is -0.485. The van der Waals surface area contributed by atoms with Gasteiger partial charge in [-0.1, -0.05) is 60.3 Å². The molecule has 4 nitrogen and oxygen atoms in total. The average molecular weight is 441 g/mol. The Hall–Kier alpha value is -3.18. The molecule has 3 aromatic carbocycles. The van der Waals surface area contributed by atoms with Crippen LogP contribution in [0.1, 0.15) is 40.7 Å². The van der Waals surface area contributed by atoms with Gasteiger partial charge in [-0.15, -0.1) is 0 Å². The van der Waals surface area contributed by atoms with E-state index in [1.807, 2.05) is 72.8 Å². The second-order valence-electron chi connectivity index (χ2n) is 8.16. The molecule has 0 spiro atoms. The first kappa shape index (κ1) is 20.7. The lowest BCUT2D eigenvalue weighted by Gasteiger charge is -2.17. The molecule has 0 N–H and O–H groups in total. The number of aryl methyl sites for hydroxylation is 2. The Morgan fingerprint density at radius 1 is 0.906 bits per heavy atom.